The molecule has 10 heteroatoms. The van der Waals surface area contributed by atoms with Gasteiger partial charge in [0, 0.05) is 32.2 Å². The Kier molecular flexibility index (Phi) is 4.64. The van der Waals surface area contributed by atoms with Crippen molar-refractivity contribution in [2.45, 2.75) is 19.5 Å². The quantitative estimate of drug-likeness (QED) is 0.624. The van der Waals surface area contributed by atoms with Gasteiger partial charge < -0.3 is 18.8 Å². The largest absolute Gasteiger partial charge is 0.419 e. The first-order chi connectivity index (χ1) is 14.0. The Labute approximate surface area is 178 Å². The molecule has 4 heterocycles. The molecule has 0 N–H and O–H groups in total. The lowest BCUT2D eigenvalue weighted by Crippen LogP contribution is -2.39. The molecule has 1 aromatic carbocycles. The summed E-state index contributed by atoms with van der Waals surface area (Å²) in [6.07, 6.45) is 1.19. The lowest BCUT2D eigenvalue weighted by atomic mass is 10.2. The number of hydrogen-bond acceptors (Lipinski definition) is 7. The maximum atomic E-state index is 6.12. The van der Waals surface area contributed by atoms with Crippen molar-refractivity contribution in [3.8, 4) is 11.5 Å². The second-order valence-electron chi connectivity index (χ2n) is 7.59. The van der Waals surface area contributed by atoms with Gasteiger partial charge in [-0.2, -0.15) is 4.98 Å². The van der Waals surface area contributed by atoms with Crippen LogP contribution in [-0.4, -0.2) is 58.5 Å². The molecular weight excluding hydrogens is 413 g/mol. The van der Waals surface area contributed by atoms with E-state index in [0.29, 0.717) is 28.4 Å². The molecular formula is C19H21Cl2N7O. The molecule has 3 aromatic rings. The summed E-state index contributed by atoms with van der Waals surface area (Å²) in [4.78, 5) is 11.7. The molecule has 2 aromatic heterocycles. The Hall–Kier alpha value is -2.29. The second-order valence-corrected chi connectivity index (χ2v) is 8.41. The predicted molar refractivity (Wildman–Crippen MR) is 113 cm³/mol. The van der Waals surface area contributed by atoms with Gasteiger partial charge in [-0.25, -0.2) is 0 Å². The molecule has 1 fully saturated rings. The molecule has 0 spiro atoms. The fraction of sp³-hybridized carbons (Fsp3) is 0.421. The Balaban J connectivity index is 1.49. The molecule has 2 aliphatic heterocycles. The van der Waals surface area contributed by atoms with Crippen molar-refractivity contribution >= 4 is 35.0 Å². The van der Waals surface area contributed by atoms with E-state index in [2.05, 4.69) is 43.6 Å². The standard InChI is InChI=1S/C19H21Cl2N7O/c1-25-9-15-17(26(2)11-25)22-19(27-6-3-7-27)28(15)10-16-23-24-18(29-16)12-4-5-13(20)14(21)8-12/h4-5,8H,3,6-7,9-11H2,1-2H3. The molecule has 0 radical (unpaired) electrons. The van der Waals surface area contributed by atoms with Crippen LogP contribution in [0.5, 0.6) is 0 Å². The van der Waals surface area contributed by atoms with Crippen LogP contribution in [0.15, 0.2) is 22.6 Å². The number of anilines is 2. The van der Waals surface area contributed by atoms with Crippen molar-refractivity contribution in [2.24, 2.45) is 0 Å². The zero-order valence-electron chi connectivity index (χ0n) is 16.3. The first kappa shape index (κ1) is 18.7. The summed E-state index contributed by atoms with van der Waals surface area (Å²) in [5.74, 6) is 2.95. The molecule has 0 bridgehead atoms. The van der Waals surface area contributed by atoms with Crippen LogP contribution in [0.25, 0.3) is 11.5 Å². The fourth-order valence-corrected chi connectivity index (χ4v) is 4.08. The van der Waals surface area contributed by atoms with E-state index in [1.54, 1.807) is 12.1 Å². The van der Waals surface area contributed by atoms with E-state index >= 15 is 0 Å². The first-order valence-corrected chi connectivity index (χ1v) is 10.3. The molecule has 2 aliphatic rings. The van der Waals surface area contributed by atoms with Gasteiger partial charge >= 0.3 is 0 Å². The number of halogens is 2. The molecule has 8 nitrogen and oxygen atoms in total. The Morgan fingerprint density at radius 3 is 2.66 bits per heavy atom. The lowest BCUT2D eigenvalue weighted by molar-refractivity contribution is 0.304. The van der Waals surface area contributed by atoms with Crippen LogP contribution in [0.4, 0.5) is 11.8 Å². The molecule has 152 valence electrons. The summed E-state index contributed by atoms with van der Waals surface area (Å²) >= 11 is 12.1. The first-order valence-electron chi connectivity index (χ1n) is 9.51. The number of fused-ring (bicyclic) bond motifs is 1. The number of nitrogens with zero attached hydrogens (tertiary/aromatic N) is 7. The zero-order valence-corrected chi connectivity index (χ0v) is 17.8. The molecule has 1 saturated heterocycles. The van der Waals surface area contributed by atoms with Crippen LogP contribution in [0, 0.1) is 0 Å². The topological polar surface area (TPSA) is 66.5 Å². The van der Waals surface area contributed by atoms with Crippen LogP contribution in [0.2, 0.25) is 10.0 Å². The summed E-state index contributed by atoms with van der Waals surface area (Å²) in [6.45, 7) is 4.20. The van der Waals surface area contributed by atoms with E-state index in [-0.39, 0.29) is 0 Å². The summed E-state index contributed by atoms with van der Waals surface area (Å²) in [6, 6.07) is 5.28. The minimum atomic E-state index is 0.423. The smallest absolute Gasteiger partial charge is 0.247 e. The van der Waals surface area contributed by atoms with Crippen LogP contribution in [0.1, 0.15) is 18.0 Å². The third-order valence-electron chi connectivity index (χ3n) is 5.33. The average molecular weight is 434 g/mol. The number of rotatable bonds is 4. The highest BCUT2D eigenvalue weighted by Crippen LogP contribution is 2.33. The predicted octanol–water partition coefficient (Wildman–Crippen LogP) is 3.34. The van der Waals surface area contributed by atoms with Crippen LogP contribution in [0.3, 0.4) is 0 Å². The maximum absolute atomic E-state index is 6.12. The van der Waals surface area contributed by atoms with Crippen molar-refractivity contribution in [3.63, 3.8) is 0 Å². The van der Waals surface area contributed by atoms with Gasteiger partial charge in [-0.3, -0.25) is 4.90 Å². The minimum Gasteiger partial charge on any atom is -0.419 e. The average Bonchev–Trinajstić information content (AvgIpc) is 3.23. The Morgan fingerprint density at radius 2 is 1.93 bits per heavy atom. The number of hydrogen-bond donors (Lipinski definition) is 0. The van der Waals surface area contributed by atoms with Gasteiger partial charge in [0.25, 0.3) is 0 Å². The van der Waals surface area contributed by atoms with Crippen molar-refractivity contribution in [3.05, 3.63) is 39.8 Å². The third kappa shape index (κ3) is 3.35. The molecule has 0 aliphatic carbocycles. The molecule has 5 rings (SSSR count). The van der Waals surface area contributed by atoms with Crippen molar-refractivity contribution in [1.29, 1.82) is 0 Å². The number of aromatic nitrogens is 4. The minimum absolute atomic E-state index is 0.423. The summed E-state index contributed by atoms with van der Waals surface area (Å²) in [7, 11) is 4.18. The van der Waals surface area contributed by atoms with Crippen molar-refractivity contribution < 1.29 is 4.42 Å². The highest BCUT2D eigenvalue weighted by molar-refractivity contribution is 6.42. The Bertz CT molecular complexity index is 1060. The lowest BCUT2D eigenvalue weighted by Gasteiger charge is -2.32. The van der Waals surface area contributed by atoms with Gasteiger partial charge in [0.2, 0.25) is 17.7 Å². The van der Waals surface area contributed by atoms with Gasteiger partial charge in [-0.1, -0.05) is 23.2 Å². The zero-order chi connectivity index (χ0) is 20.1. The SMILES string of the molecule is CN1Cc2c(nc(N3CCC3)n2Cc2nnc(-c3ccc(Cl)c(Cl)c3)o2)N(C)C1. The van der Waals surface area contributed by atoms with E-state index in [9.17, 15) is 0 Å². The van der Waals surface area contributed by atoms with Gasteiger partial charge in [0.05, 0.1) is 22.4 Å². The van der Waals surface area contributed by atoms with E-state index in [1.807, 2.05) is 6.07 Å². The van der Waals surface area contributed by atoms with Gasteiger partial charge in [-0.15, -0.1) is 10.2 Å². The summed E-state index contributed by atoms with van der Waals surface area (Å²) < 4.78 is 8.15. The molecule has 0 saturated carbocycles. The van der Waals surface area contributed by atoms with Crippen LogP contribution < -0.4 is 9.80 Å². The summed E-state index contributed by atoms with van der Waals surface area (Å²) in [5, 5.41) is 9.42. The van der Waals surface area contributed by atoms with Crippen molar-refractivity contribution in [2.75, 3.05) is 43.7 Å². The van der Waals surface area contributed by atoms with Crippen LogP contribution >= 0.6 is 23.2 Å². The van der Waals surface area contributed by atoms with Crippen molar-refractivity contribution in [1.82, 2.24) is 24.6 Å². The number of imidazole rings is 1. The van der Waals surface area contributed by atoms with Crippen LogP contribution in [-0.2, 0) is 13.1 Å². The van der Waals surface area contributed by atoms with Gasteiger partial charge in [-0.05, 0) is 31.7 Å². The number of benzene rings is 1. The fourth-order valence-electron chi connectivity index (χ4n) is 3.78. The third-order valence-corrected chi connectivity index (χ3v) is 6.07. The van der Waals surface area contributed by atoms with E-state index in [0.717, 1.165) is 49.3 Å². The normalized spacial score (nSPS) is 16.8. The van der Waals surface area contributed by atoms with E-state index < -0.39 is 0 Å². The second kappa shape index (κ2) is 7.19. The molecule has 0 atom stereocenters. The Morgan fingerprint density at radius 1 is 1.10 bits per heavy atom. The van der Waals surface area contributed by atoms with E-state index in [4.69, 9.17) is 32.6 Å². The molecule has 29 heavy (non-hydrogen) atoms. The van der Waals surface area contributed by atoms with Gasteiger partial charge in [0.15, 0.2) is 5.82 Å². The highest BCUT2D eigenvalue weighted by Gasteiger charge is 2.30. The monoisotopic (exact) mass is 433 g/mol. The van der Waals surface area contributed by atoms with E-state index in [1.165, 1.54) is 6.42 Å². The maximum Gasteiger partial charge on any atom is 0.247 e. The molecule has 0 unspecified atom stereocenters. The highest BCUT2D eigenvalue weighted by atomic mass is 35.5. The summed E-state index contributed by atoms with van der Waals surface area (Å²) in [5.41, 5.74) is 1.91. The van der Waals surface area contributed by atoms with Gasteiger partial charge in [0.1, 0.15) is 6.54 Å². The molecule has 0 amide bonds.